The topological polar surface area (TPSA) is 40.6 Å². The van der Waals surface area contributed by atoms with Gasteiger partial charge in [-0.2, -0.15) is 0 Å². The molecule has 0 spiro atoms. The summed E-state index contributed by atoms with van der Waals surface area (Å²) in [5.41, 5.74) is 1.38. The van der Waals surface area contributed by atoms with Crippen molar-refractivity contribution < 1.29 is 9.59 Å². The summed E-state index contributed by atoms with van der Waals surface area (Å²) in [5, 5.41) is 0. The van der Waals surface area contributed by atoms with Crippen LogP contribution in [-0.4, -0.2) is 47.3 Å². The quantitative estimate of drug-likeness (QED) is 0.804. The number of hydrogen-bond acceptors (Lipinski definition) is 2. The molecule has 2 rings (SSSR count). The number of rotatable bonds is 6. The number of amides is 2. The minimum Gasteiger partial charge on any atom is -0.341 e. The molecule has 1 aromatic rings. The zero-order valence-corrected chi connectivity index (χ0v) is 15.2. The lowest BCUT2D eigenvalue weighted by atomic mass is 9.90. The smallest absolute Gasteiger partial charge is 0.242 e. The Labute approximate surface area is 145 Å². The molecule has 0 bridgehead atoms. The Hall–Kier alpha value is -1.84. The second-order valence-corrected chi connectivity index (χ2v) is 6.92. The van der Waals surface area contributed by atoms with Gasteiger partial charge in [-0.25, -0.2) is 0 Å². The van der Waals surface area contributed by atoms with Crippen molar-refractivity contribution in [1.82, 2.24) is 9.80 Å². The number of benzene rings is 1. The van der Waals surface area contributed by atoms with Crippen LogP contribution in [0.25, 0.3) is 0 Å². The molecule has 1 atom stereocenters. The lowest BCUT2D eigenvalue weighted by molar-refractivity contribution is -0.141. The number of piperidine rings is 1. The summed E-state index contributed by atoms with van der Waals surface area (Å²) in [4.78, 5) is 27.9. The highest BCUT2D eigenvalue weighted by molar-refractivity contribution is 5.84. The molecule has 24 heavy (non-hydrogen) atoms. The molecule has 1 unspecified atom stereocenters. The van der Waals surface area contributed by atoms with E-state index in [0.717, 1.165) is 38.8 Å². The zero-order chi connectivity index (χ0) is 17.5. The Balaban J connectivity index is 1.82. The third-order valence-electron chi connectivity index (χ3n) is 5.17. The van der Waals surface area contributed by atoms with Gasteiger partial charge in [-0.15, -0.1) is 0 Å². The highest BCUT2D eigenvalue weighted by Gasteiger charge is 2.26. The molecular formula is C20H30N2O2. The first-order valence-corrected chi connectivity index (χ1v) is 9.10. The fourth-order valence-electron chi connectivity index (χ4n) is 3.38. The van der Waals surface area contributed by atoms with Crippen molar-refractivity contribution in [1.29, 1.82) is 0 Å². The molecule has 1 saturated heterocycles. The third kappa shape index (κ3) is 5.08. The van der Waals surface area contributed by atoms with Gasteiger partial charge in [0.25, 0.3) is 0 Å². The summed E-state index contributed by atoms with van der Waals surface area (Å²) < 4.78 is 0. The fourth-order valence-corrected chi connectivity index (χ4v) is 3.38. The summed E-state index contributed by atoms with van der Waals surface area (Å²) >= 11 is 0. The maximum Gasteiger partial charge on any atom is 0.242 e. The van der Waals surface area contributed by atoms with Crippen molar-refractivity contribution in [2.24, 2.45) is 5.92 Å². The molecule has 1 heterocycles. The number of nitrogens with zero attached hydrogens (tertiary/aromatic N) is 2. The highest BCUT2D eigenvalue weighted by atomic mass is 16.2. The van der Waals surface area contributed by atoms with Crippen LogP contribution >= 0.6 is 0 Å². The van der Waals surface area contributed by atoms with Gasteiger partial charge >= 0.3 is 0 Å². The van der Waals surface area contributed by atoms with E-state index >= 15 is 0 Å². The molecule has 0 aliphatic carbocycles. The van der Waals surface area contributed by atoms with E-state index in [1.54, 1.807) is 11.8 Å². The lowest BCUT2D eigenvalue weighted by Crippen LogP contribution is -2.48. The van der Waals surface area contributed by atoms with Crippen LogP contribution in [0.15, 0.2) is 30.3 Å². The molecule has 0 N–H and O–H groups in total. The minimum atomic E-state index is -0.0170. The minimum absolute atomic E-state index is 0.0170. The standard InChI is InChI=1S/C20H30N2O2/c1-4-16(2)22(17(3)23)15-20(24)21-12-10-19(11-13-21)14-18-8-6-5-7-9-18/h5-9,16,19H,4,10-15H2,1-3H3. The number of hydrogen-bond donors (Lipinski definition) is 0. The second kappa shape index (κ2) is 8.86. The van der Waals surface area contributed by atoms with Crippen molar-refractivity contribution in [2.75, 3.05) is 19.6 Å². The Bertz CT molecular complexity index is 536. The fraction of sp³-hybridized carbons (Fsp3) is 0.600. The van der Waals surface area contributed by atoms with E-state index in [9.17, 15) is 9.59 Å². The maximum atomic E-state index is 12.5. The van der Waals surface area contributed by atoms with Gasteiger partial charge in [0.15, 0.2) is 0 Å². The summed E-state index contributed by atoms with van der Waals surface area (Å²) in [6, 6.07) is 10.7. The molecule has 0 saturated carbocycles. The average molecular weight is 330 g/mol. The van der Waals surface area contributed by atoms with Crippen LogP contribution in [0.3, 0.4) is 0 Å². The molecule has 132 valence electrons. The van der Waals surface area contributed by atoms with Crippen LogP contribution in [0.2, 0.25) is 0 Å². The molecule has 0 radical (unpaired) electrons. The first-order valence-electron chi connectivity index (χ1n) is 9.10. The third-order valence-corrected chi connectivity index (χ3v) is 5.17. The molecule has 1 fully saturated rings. The molecular weight excluding hydrogens is 300 g/mol. The Morgan fingerprint density at radius 2 is 1.83 bits per heavy atom. The zero-order valence-electron chi connectivity index (χ0n) is 15.2. The first kappa shape index (κ1) is 18.5. The molecule has 0 aromatic heterocycles. The monoisotopic (exact) mass is 330 g/mol. The molecule has 4 nitrogen and oxygen atoms in total. The predicted molar refractivity (Wildman–Crippen MR) is 96.6 cm³/mol. The number of carbonyl (C=O) groups excluding carboxylic acids is 2. The lowest BCUT2D eigenvalue weighted by Gasteiger charge is -2.35. The van der Waals surface area contributed by atoms with E-state index < -0.39 is 0 Å². The van der Waals surface area contributed by atoms with E-state index in [0.29, 0.717) is 5.92 Å². The van der Waals surface area contributed by atoms with Gasteiger partial charge in [-0.05, 0) is 44.1 Å². The predicted octanol–water partition coefficient (Wildman–Crippen LogP) is 3.11. The highest BCUT2D eigenvalue weighted by Crippen LogP contribution is 2.22. The van der Waals surface area contributed by atoms with Gasteiger partial charge in [0.2, 0.25) is 11.8 Å². The van der Waals surface area contributed by atoms with Crippen molar-refractivity contribution >= 4 is 11.8 Å². The van der Waals surface area contributed by atoms with Gasteiger partial charge in [0.1, 0.15) is 0 Å². The van der Waals surface area contributed by atoms with E-state index in [1.807, 2.05) is 24.8 Å². The van der Waals surface area contributed by atoms with Crippen LogP contribution in [-0.2, 0) is 16.0 Å². The van der Waals surface area contributed by atoms with Crippen molar-refractivity contribution in [3.63, 3.8) is 0 Å². The molecule has 1 aliphatic heterocycles. The Kier molecular flexibility index (Phi) is 6.83. The number of likely N-dealkylation sites (tertiary alicyclic amines) is 1. The van der Waals surface area contributed by atoms with Crippen LogP contribution in [0, 0.1) is 5.92 Å². The SMILES string of the molecule is CCC(C)N(CC(=O)N1CCC(Cc2ccccc2)CC1)C(C)=O. The molecule has 1 aliphatic rings. The van der Waals surface area contributed by atoms with E-state index in [4.69, 9.17) is 0 Å². The molecule has 1 aromatic carbocycles. The van der Waals surface area contributed by atoms with Gasteiger partial charge < -0.3 is 9.80 Å². The van der Waals surface area contributed by atoms with Crippen molar-refractivity contribution in [3.05, 3.63) is 35.9 Å². The second-order valence-electron chi connectivity index (χ2n) is 6.92. The van der Waals surface area contributed by atoms with Crippen molar-refractivity contribution in [2.45, 2.75) is 52.5 Å². The summed E-state index contributed by atoms with van der Waals surface area (Å²) in [7, 11) is 0. The Morgan fingerprint density at radius 1 is 1.21 bits per heavy atom. The van der Waals surface area contributed by atoms with Crippen LogP contribution in [0.5, 0.6) is 0 Å². The van der Waals surface area contributed by atoms with Crippen LogP contribution in [0.1, 0.15) is 45.6 Å². The summed E-state index contributed by atoms with van der Waals surface area (Å²) in [6.07, 6.45) is 4.05. The normalized spacial score (nSPS) is 16.7. The van der Waals surface area contributed by atoms with Crippen molar-refractivity contribution in [3.8, 4) is 0 Å². The van der Waals surface area contributed by atoms with Crippen LogP contribution < -0.4 is 0 Å². The van der Waals surface area contributed by atoms with Crippen LogP contribution in [0.4, 0.5) is 0 Å². The van der Waals surface area contributed by atoms with E-state index in [-0.39, 0.29) is 24.4 Å². The molecule has 4 heteroatoms. The van der Waals surface area contributed by atoms with Gasteiger partial charge in [0.05, 0.1) is 6.54 Å². The molecule has 2 amide bonds. The van der Waals surface area contributed by atoms with E-state index in [1.165, 1.54) is 5.56 Å². The first-order chi connectivity index (χ1) is 11.5. The average Bonchev–Trinajstić information content (AvgIpc) is 2.60. The number of carbonyl (C=O) groups is 2. The maximum absolute atomic E-state index is 12.5. The summed E-state index contributed by atoms with van der Waals surface area (Å²) in [5.74, 6) is 0.718. The van der Waals surface area contributed by atoms with E-state index in [2.05, 4.69) is 24.3 Å². The van der Waals surface area contributed by atoms with Gasteiger partial charge in [-0.1, -0.05) is 37.3 Å². The van der Waals surface area contributed by atoms with Gasteiger partial charge in [-0.3, -0.25) is 9.59 Å². The van der Waals surface area contributed by atoms with Gasteiger partial charge in [0, 0.05) is 26.1 Å². The summed E-state index contributed by atoms with van der Waals surface area (Å²) in [6.45, 7) is 7.42. The largest absolute Gasteiger partial charge is 0.341 e. The Morgan fingerprint density at radius 3 is 2.38 bits per heavy atom.